The second-order valence-corrected chi connectivity index (χ2v) is 5.51. The van der Waals surface area contributed by atoms with Crippen molar-refractivity contribution in [3.05, 3.63) is 70.3 Å². The number of benzene rings is 2. The number of hydrogen-bond acceptors (Lipinski definition) is 2. The van der Waals surface area contributed by atoms with Gasteiger partial charge in [0, 0.05) is 24.0 Å². The van der Waals surface area contributed by atoms with Crippen molar-refractivity contribution in [3.8, 4) is 0 Å². The van der Waals surface area contributed by atoms with Crippen LogP contribution in [0.15, 0.2) is 42.5 Å². The molecule has 2 heteroatoms. The quantitative estimate of drug-likeness (QED) is 0.758. The molecule has 0 radical (unpaired) electrons. The Morgan fingerprint density at radius 3 is 1.81 bits per heavy atom. The number of carbonyl (C=O) groups is 2. The molecule has 2 rings (SSSR count). The molecule has 0 aliphatic rings. The van der Waals surface area contributed by atoms with Crippen molar-refractivity contribution in [2.75, 3.05) is 0 Å². The summed E-state index contributed by atoms with van der Waals surface area (Å²) in [4.78, 5) is 24.2. The van der Waals surface area contributed by atoms with Gasteiger partial charge in [0.2, 0.25) is 0 Å². The fourth-order valence-electron chi connectivity index (χ4n) is 2.17. The van der Waals surface area contributed by atoms with Gasteiger partial charge < -0.3 is 0 Å². The minimum Gasteiger partial charge on any atom is -0.294 e. The molecule has 0 aromatic heterocycles. The molecule has 0 heterocycles. The van der Waals surface area contributed by atoms with Gasteiger partial charge in [-0.1, -0.05) is 42.0 Å². The zero-order valence-electron chi connectivity index (χ0n) is 12.8. The fourth-order valence-corrected chi connectivity index (χ4v) is 2.17. The lowest BCUT2D eigenvalue weighted by molar-refractivity contribution is 0.0917. The molecular weight excluding hydrogens is 260 g/mol. The molecule has 0 amide bonds. The van der Waals surface area contributed by atoms with Gasteiger partial charge in [-0.2, -0.15) is 0 Å². The van der Waals surface area contributed by atoms with E-state index in [4.69, 9.17) is 0 Å². The first-order chi connectivity index (χ1) is 9.97. The Hall–Kier alpha value is -2.22. The Labute approximate surface area is 125 Å². The Morgan fingerprint density at radius 2 is 1.24 bits per heavy atom. The molecule has 0 fully saturated rings. The standard InChI is InChI=1S/C19H20O2/c1-13-4-7-16(8-5-13)18(20)10-11-19(21)17-9-6-14(2)15(3)12-17/h4-9,12H,10-11H2,1-3H3. The molecule has 0 spiro atoms. The van der Waals surface area contributed by atoms with E-state index >= 15 is 0 Å². The molecule has 21 heavy (non-hydrogen) atoms. The smallest absolute Gasteiger partial charge is 0.163 e. The van der Waals surface area contributed by atoms with Crippen LogP contribution < -0.4 is 0 Å². The van der Waals surface area contributed by atoms with Gasteiger partial charge in [-0.05, 0) is 38.0 Å². The van der Waals surface area contributed by atoms with Gasteiger partial charge in [0.15, 0.2) is 11.6 Å². The molecular formula is C19H20O2. The fraction of sp³-hybridized carbons (Fsp3) is 0.263. The number of Topliss-reactive ketones (excluding diaryl/α,β-unsaturated/α-hetero) is 2. The van der Waals surface area contributed by atoms with E-state index in [9.17, 15) is 9.59 Å². The topological polar surface area (TPSA) is 34.1 Å². The van der Waals surface area contributed by atoms with E-state index in [1.54, 1.807) is 0 Å². The normalized spacial score (nSPS) is 10.4. The van der Waals surface area contributed by atoms with E-state index in [-0.39, 0.29) is 24.4 Å². The van der Waals surface area contributed by atoms with Crippen LogP contribution in [0.5, 0.6) is 0 Å². The van der Waals surface area contributed by atoms with Gasteiger partial charge >= 0.3 is 0 Å². The summed E-state index contributed by atoms with van der Waals surface area (Å²) in [6.07, 6.45) is 0.518. The first kappa shape index (κ1) is 15.2. The lowest BCUT2D eigenvalue weighted by Crippen LogP contribution is -2.05. The summed E-state index contributed by atoms with van der Waals surface area (Å²) in [5, 5.41) is 0. The summed E-state index contributed by atoms with van der Waals surface area (Å²) in [6, 6.07) is 13.1. The number of aryl methyl sites for hydroxylation is 3. The minimum atomic E-state index is 0.0205. The van der Waals surface area contributed by atoms with E-state index in [1.807, 2.05) is 63.2 Å². The third-order valence-corrected chi connectivity index (χ3v) is 3.78. The SMILES string of the molecule is Cc1ccc(C(=O)CCC(=O)c2ccc(C)c(C)c2)cc1. The van der Waals surface area contributed by atoms with Crippen molar-refractivity contribution in [1.29, 1.82) is 0 Å². The third kappa shape index (κ3) is 3.88. The van der Waals surface area contributed by atoms with Crippen molar-refractivity contribution < 1.29 is 9.59 Å². The highest BCUT2D eigenvalue weighted by molar-refractivity contribution is 6.02. The lowest BCUT2D eigenvalue weighted by Gasteiger charge is -2.05. The zero-order chi connectivity index (χ0) is 15.4. The zero-order valence-corrected chi connectivity index (χ0v) is 12.8. The predicted octanol–water partition coefficient (Wildman–Crippen LogP) is 4.46. The van der Waals surface area contributed by atoms with Gasteiger partial charge in [0.25, 0.3) is 0 Å². The first-order valence-electron chi connectivity index (χ1n) is 7.17. The van der Waals surface area contributed by atoms with Gasteiger partial charge in [-0.3, -0.25) is 9.59 Å². The van der Waals surface area contributed by atoms with E-state index in [2.05, 4.69) is 0 Å². The van der Waals surface area contributed by atoms with E-state index in [0.717, 1.165) is 11.1 Å². The highest BCUT2D eigenvalue weighted by Gasteiger charge is 2.11. The van der Waals surface area contributed by atoms with Crippen LogP contribution in [0.1, 0.15) is 50.2 Å². The third-order valence-electron chi connectivity index (χ3n) is 3.78. The summed E-state index contributed by atoms with van der Waals surface area (Å²) in [5.41, 5.74) is 4.76. The average Bonchev–Trinajstić information content (AvgIpc) is 2.48. The molecule has 0 aliphatic carbocycles. The largest absolute Gasteiger partial charge is 0.294 e. The van der Waals surface area contributed by atoms with Crippen molar-refractivity contribution in [2.45, 2.75) is 33.6 Å². The molecule has 0 unspecified atom stereocenters. The van der Waals surface area contributed by atoms with Crippen LogP contribution >= 0.6 is 0 Å². The van der Waals surface area contributed by atoms with Crippen LogP contribution in [0.4, 0.5) is 0 Å². The molecule has 108 valence electrons. The van der Waals surface area contributed by atoms with Gasteiger partial charge in [-0.15, -0.1) is 0 Å². The monoisotopic (exact) mass is 280 g/mol. The number of rotatable bonds is 5. The van der Waals surface area contributed by atoms with Gasteiger partial charge in [0.05, 0.1) is 0 Å². The first-order valence-corrected chi connectivity index (χ1v) is 7.17. The molecule has 2 nitrogen and oxygen atoms in total. The lowest BCUT2D eigenvalue weighted by atomic mass is 9.98. The van der Waals surface area contributed by atoms with Crippen LogP contribution in [0, 0.1) is 20.8 Å². The molecule has 0 N–H and O–H groups in total. The van der Waals surface area contributed by atoms with Crippen molar-refractivity contribution >= 4 is 11.6 Å². The summed E-state index contributed by atoms with van der Waals surface area (Å²) in [6.45, 7) is 5.99. The highest BCUT2D eigenvalue weighted by atomic mass is 16.1. The van der Waals surface area contributed by atoms with Crippen LogP contribution in [0.25, 0.3) is 0 Å². The van der Waals surface area contributed by atoms with Gasteiger partial charge in [-0.25, -0.2) is 0 Å². The summed E-state index contributed by atoms with van der Waals surface area (Å²) in [5.74, 6) is 0.0470. The van der Waals surface area contributed by atoms with Crippen molar-refractivity contribution in [1.82, 2.24) is 0 Å². The maximum atomic E-state index is 12.1. The van der Waals surface area contributed by atoms with Crippen LogP contribution in [0.2, 0.25) is 0 Å². The van der Waals surface area contributed by atoms with Crippen molar-refractivity contribution in [3.63, 3.8) is 0 Å². The number of ketones is 2. The minimum absolute atomic E-state index is 0.0205. The second-order valence-electron chi connectivity index (χ2n) is 5.51. The number of hydrogen-bond donors (Lipinski definition) is 0. The van der Waals surface area contributed by atoms with E-state index in [1.165, 1.54) is 5.56 Å². The molecule has 2 aromatic rings. The Kier molecular flexibility index (Phi) is 4.69. The van der Waals surface area contributed by atoms with Crippen LogP contribution in [-0.2, 0) is 0 Å². The van der Waals surface area contributed by atoms with Crippen LogP contribution in [0.3, 0.4) is 0 Å². The number of carbonyl (C=O) groups excluding carboxylic acids is 2. The Morgan fingerprint density at radius 1 is 0.714 bits per heavy atom. The predicted molar refractivity (Wildman–Crippen MR) is 85.0 cm³/mol. The molecule has 0 aliphatic heterocycles. The molecule has 0 saturated heterocycles. The summed E-state index contributed by atoms with van der Waals surface area (Å²) < 4.78 is 0. The summed E-state index contributed by atoms with van der Waals surface area (Å²) in [7, 11) is 0. The maximum Gasteiger partial charge on any atom is 0.163 e. The van der Waals surface area contributed by atoms with Crippen molar-refractivity contribution in [2.24, 2.45) is 0 Å². The highest BCUT2D eigenvalue weighted by Crippen LogP contribution is 2.14. The molecule has 0 bridgehead atoms. The van der Waals surface area contributed by atoms with E-state index in [0.29, 0.717) is 11.1 Å². The molecule has 0 saturated carbocycles. The van der Waals surface area contributed by atoms with Crippen LogP contribution in [-0.4, -0.2) is 11.6 Å². The second kappa shape index (κ2) is 6.49. The average molecular weight is 280 g/mol. The summed E-state index contributed by atoms with van der Waals surface area (Å²) >= 11 is 0. The molecule has 0 atom stereocenters. The van der Waals surface area contributed by atoms with E-state index < -0.39 is 0 Å². The Bertz CT molecular complexity index is 666. The molecule has 2 aromatic carbocycles. The Balaban J connectivity index is 1.98. The van der Waals surface area contributed by atoms with Gasteiger partial charge in [0.1, 0.15) is 0 Å². The maximum absolute atomic E-state index is 12.1.